The van der Waals surface area contributed by atoms with E-state index in [0.29, 0.717) is 6.54 Å². The predicted molar refractivity (Wildman–Crippen MR) is 87.7 cm³/mol. The van der Waals surface area contributed by atoms with E-state index in [1.54, 1.807) is 6.92 Å². The fraction of sp³-hybridized carbons (Fsp3) is 0.889. The van der Waals surface area contributed by atoms with E-state index in [0.717, 1.165) is 43.9 Å². The summed E-state index contributed by atoms with van der Waals surface area (Å²) in [6.07, 6.45) is 7.85. The Hall–Kier alpha value is -1.10. The second kappa shape index (κ2) is 5.76. The van der Waals surface area contributed by atoms with Crippen LogP contribution in [0, 0.1) is 17.8 Å². The van der Waals surface area contributed by atoms with Gasteiger partial charge in [-0.2, -0.15) is 0 Å². The Balaban J connectivity index is 1.30. The summed E-state index contributed by atoms with van der Waals surface area (Å²) < 4.78 is 0. The molecule has 0 aromatic carbocycles. The van der Waals surface area contributed by atoms with E-state index in [2.05, 4.69) is 10.2 Å². The molecule has 5 heteroatoms. The molecule has 1 saturated heterocycles. The lowest BCUT2D eigenvalue weighted by Crippen LogP contribution is -2.61. The summed E-state index contributed by atoms with van der Waals surface area (Å²) >= 11 is 0. The highest BCUT2D eigenvalue weighted by Crippen LogP contribution is 2.55. The maximum Gasteiger partial charge on any atom is 0.234 e. The number of piperazine rings is 1. The molecule has 5 nitrogen and oxygen atoms in total. The van der Waals surface area contributed by atoms with Crippen molar-refractivity contribution in [2.24, 2.45) is 17.8 Å². The van der Waals surface area contributed by atoms with E-state index in [-0.39, 0.29) is 17.4 Å². The zero-order chi connectivity index (χ0) is 16.0. The van der Waals surface area contributed by atoms with E-state index < -0.39 is 0 Å². The quantitative estimate of drug-likeness (QED) is 0.851. The van der Waals surface area contributed by atoms with Crippen molar-refractivity contribution in [3.8, 4) is 0 Å². The van der Waals surface area contributed by atoms with Crippen molar-refractivity contribution in [2.75, 3.05) is 32.7 Å². The molecule has 5 rings (SSSR count). The van der Waals surface area contributed by atoms with Crippen LogP contribution in [0.5, 0.6) is 0 Å². The summed E-state index contributed by atoms with van der Waals surface area (Å²) in [5, 5.41) is 3.44. The topological polar surface area (TPSA) is 52.7 Å². The second-order valence-electron chi connectivity index (χ2n) is 8.53. The van der Waals surface area contributed by atoms with Crippen LogP contribution in [0.25, 0.3) is 0 Å². The number of nitrogens with zero attached hydrogens (tertiary/aromatic N) is 2. The molecule has 23 heavy (non-hydrogen) atoms. The first kappa shape index (κ1) is 15.4. The Bertz CT molecular complexity index is 461. The normalized spacial score (nSPS) is 39.5. The van der Waals surface area contributed by atoms with Crippen LogP contribution in [0.3, 0.4) is 0 Å². The molecule has 5 fully saturated rings. The summed E-state index contributed by atoms with van der Waals surface area (Å²) in [5.74, 6) is 2.92. The summed E-state index contributed by atoms with van der Waals surface area (Å²) in [4.78, 5) is 28.0. The molecule has 0 aromatic rings. The van der Waals surface area contributed by atoms with Gasteiger partial charge in [-0.3, -0.25) is 14.5 Å². The van der Waals surface area contributed by atoms with Crippen molar-refractivity contribution < 1.29 is 9.59 Å². The summed E-state index contributed by atoms with van der Waals surface area (Å²) in [6, 6.07) is 0. The molecule has 1 heterocycles. The first-order valence-electron chi connectivity index (χ1n) is 9.30. The zero-order valence-electron chi connectivity index (χ0n) is 14.2. The number of nitrogens with one attached hydrogen (secondary N) is 1. The van der Waals surface area contributed by atoms with Crippen LogP contribution < -0.4 is 5.32 Å². The molecule has 4 saturated carbocycles. The van der Waals surface area contributed by atoms with Gasteiger partial charge in [-0.05, 0) is 56.3 Å². The Morgan fingerprint density at radius 3 is 1.96 bits per heavy atom. The van der Waals surface area contributed by atoms with Crippen molar-refractivity contribution in [3.63, 3.8) is 0 Å². The van der Waals surface area contributed by atoms with E-state index >= 15 is 0 Å². The lowest BCUT2D eigenvalue weighted by molar-refractivity contribution is -0.131. The monoisotopic (exact) mass is 319 g/mol. The molecule has 1 N–H and O–H groups in total. The molecule has 5 aliphatic rings. The maximum absolute atomic E-state index is 12.6. The molecule has 0 unspecified atom stereocenters. The minimum absolute atomic E-state index is 0.118. The standard InChI is InChI=1S/C18H29N3O2/c1-13(22)21-4-2-20(3-5-21)12-17(23)19-18-9-14-6-15(10-18)8-16(7-14)11-18/h14-16H,2-12H2,1H3,(H,19,23). The molecular weight excluding hydrogens is 290 g/mol. The van der Waals surface area contributed by atoms with Crippen LogP contribution in [0.15, 0.2) is 0 Å². The Morgan fingerprint density at radius 1 is 0.957 bits per heavy atom. The third-order valence-electron chi connectivity index (χ3n) is 6.63. The van der Waals surface area contributed by atoms with Gasteiger partial charge in [-0.25, -0.2) is 0 Å². The smallest absolute Gasteiger partial charge is 0.234 e. The zero-order valence-corrected chi connectivity index (χ0v) is 14.2. The molecule has 0 radical (unpaired) electrons. The second-order valence-corrected chi connectivity index (χ2v) is 8.53. The van der Waals surface area contributed by atoms with Gasteiger partial charge in [-0.1, -0.05) is 0 Å². The SMILES string of the molecule is CC(=O)N1CCN(CC(=O)NC23CC4CC(CC(C4)C2)C3)CC1. The van der Waals surface area contributed by atoms with Gasteiger partial charge in [0, 0.05) is 38.6 Å². The van der Waals surface area contributed by atoms with Gasteiger partial charge in [0.25, 0.3) is 0 Å². The van der Waals surface area contributed by atoms with Crippen LogP contribution in [-0.2, 0) is 9.59 Å². The predicted octanol–water partition coefficient (Wildman–Crippen LogP) is 1.24. The minimum atomic E-state index is 0.118. The van der Waals surface area contributed by atoms with Gasteiger partial charge in [0.2, 0.25) is 11.8 Å². The molecule has 0 aromatic heterocycles. The Labute approximate surface area is 138 Å². The van der Waals surface area contributed by atoms with E-state index in [1.807, 2.05) is 4.90 Å². The summed E-state index contributed by atoms with van der Waals surface area (Å²) in [6.45, 7) is 5.24. The van der Waals surface area contributed by atoms with Gasteiger partial charge in [0.1, 0.15) is 0 Å². The van der Waals surface area contributed by atoms with Crippen LogP contribution >= 0.6 is 0 Å². The van der Waals surface area contributed by atoms with Crippen molar-refractivity contribution in [3.05, 3.63) is 0 Å². The molecule has 2 amide bonds. The van der Waals surface area contributed by atoms with E-state index in [1.165, 1.54) is 38.5 Å². The first-order valence-corrected chi connectivity index (χ1v) is 9.30. The van der Waals surface area contributed by atoms with E-state index in [9.17, 15) is 9.59 Å². The van der Waals surface area contributed by atoms with Crippen molar-refractivity contribution in [1.29, 1.82) is 0 Å². The average molecular weight is 319 g/mol. The molecule has 4 aliphatic carbocycles. The Morgan fingerprint density at radius 2 is 1.48 bits per heavy atom. The summed E-state index contributed by atoms with van der Waals surface area (Å²) in [5.41, 5.74) is 0.118. The fourth-order valence-electron chi connectivity index (χ4n) is 6.02. The van der Waals surface area contributed by atoms with Gasteiger partial charge in [-0.15, -0.1) is 0 Å². The molecule has 0 atom stereocenters. The molecule has 4 bridgehead atoms. The highest BCUT2D eigenvalue weighted by atomic mass is 16.2. The summed E-state index contributed by atoms with van der Waals surface area (Å²) in [7, 11) is 0. The number of carbonyl (C=O) groups is 2. The number of hydrogen-bond acceptors (Lipinski definition) is 3. The largest absolute Gasteiger partial charge is 0.350 e. The minimum Gasteiger partial charge on any atom is -0.350 e. The van der Waals surface area contributed by atoms with Crippen LogP contribution in [0.2, 0.25) is 0 Å². The molecular formula is C18H29N3O2. The average Bonchev–Trinajstić information content (AvgIpc) is 2.45. The van der Waals surface area contributed by atoms with Crippen molar-refractivity contribution in [1.82, 2.24) is 15.1 Å². The lowest BCUT2D eigenvalue weighted by Gasteiger charge is -2.57. The number of hydrogen-bond donors (Lipinski definition) is 1. The first-order chi connectivity index (χ1) is 11.0. The van der Waals surface area contributed by atoms with Gasteiger partial charge in [0.05, 0.1) is 6.54 Å². The van der Waals surface area contributed by atoms with Crippen molar-refractivity contribution >= 4 is 11.8 Å². The maximum atomic E-state index is 12.6. The highest BCUT2D eigenvalue weighted by Gasteiger charge is 2.51. The highest BCUT2D eigenvalue weighted by molar-refractivity contribution is 5.79. The van der Waals surface area contributed by atoms with Gasteiger partial charge < -0.3 is 10.2 Å². The molecule has 128 valence electrons. The lowest BCUT2D eigenvalue weighted by atomic mass is 9.53. The third kappa shape index (κ3) is 3.12. The van der Waals surface area contributed by atoms with Crippen LogP contribution in [0.1, 0.15) is 45.4 Å². The van der Waals surface area contributed by atoms with Crippen LogP contribution in [-0.4, -0.2) is 59.9 Å². The Kier molecular flexibility index (Phi) is 3.87. The van der Waals surface area contributed by atoms with Gasteiger partial charge >= 0.3 is 0 Å². The third-order valence-corrected chi connectivity index (χ3v) is 6.63. The van der Waals surface area contributed by atoms with Gasteiger partial charge in [0.15, 0.2) is 0 Å². The number of carbonyl (C=O) groups excluding carboxylic acids is 2. The number of rotatable bonds is 3. The van der Waals surface area contributed by atoms with Crippen LogP contribution in [0.4, 0.5) is 0 Å². The fourth-order valence-corrected chi connectivity index (χ4v) is 6.02. The molecule has 1 aliphatic heterocycles. The van der Waals surface area contributed by atoms with Crippen molar-refractivity contribution in [2.45, 2.75) is 51.0 Å². The van der Waals surface area contributed by atoms with E-state index in [4.69, 9.17) is 0 Å². The number of amides is 2. The molecule has 0 spiro atoms.